The quantitative estimate of drug-likeness (QED) is 0.620. The van der Waals surface area contributed by atoms with E-state index in [1.165, 1.54) is 58.2 Å². The molecule has 0 spiro atoms. The molecule has 0 amide bonds. The molecule has 2 aliphatic heterocycles. The summed E-state index contributed by atoms with van der Waals surface area (Å²) in [6, 6.07) is 3.57. The van der Waals surface area contributed by atoms with Gasteiger partial charge < -0.3 is 9.47 Å². The molecular formula is C25H40N6O2. The van der Waals surface area contributed by atoms with Gasteiger partial charge in [-0.05, 0) is 57.3 Å². The number of rotatable bonds is 7. The summed E-state index contributed by atoms with van der Waals surface area (Å²) in [7, 11) is 3.19. The first-order chi connectivity index (χ1) is 16.1. The third kappa shape index (κ3) is 8.19. The van der Waals surface area contributed by atoms with Crippen LogP contribution in [-0.4, -0.2) is 69.6 Å². The van der Waals surface area contributed by atoms with E-state index in [-0.39, 0.29) is 0 Å². The van der Waals surface area contributed by atoms with Crippen LogP contribution in [0.4, 0.5) is 0 Å². The van der Waals surface area contributed by atoms with Crippen LogP contribution in [0.3, 0.4) is 0 Å². The largest absolute Gasteiger partial charge is 0.467 e. The van der Waals surface area contributed by atoms with Gasteiger partial charge in [0.15, 0.2) is 0 Å². The predicted molar refractivity (Wildman–Crippen MR) is 129 cm³/mol. The van der Waals surface area contributed by atoms with Gasteiger partial charge in [-0.1, -0.05) is 26.7 Å². The van der Waals surface area contributed by atoms with Crippen molar-refractivity contribution >= 4 is 0 Å². The summed E-state index contributed by atoms with van der Waals surface area (Å²) in [5, 5.41) is 0. The van der Waals surface area contributed by atoms with Crippen molar-refractivity contribution < 1.29 is 9.47 Å². The lowest BCUT2D eigenvalue weighted by Gasteiger charge is -2.38. The number of hydrogen-bond donors (Lipinski definition) is 0. The Bertz CT molecular complexity index is 811. The molecule has 4 rings (SSSR count). The number of likely N-dealkylation sites (tertiary alicyclic amines) is 2. The third-order valence-corrected chi connectivity index (χ3v) is 6.39. The summed E-state index contributed by atoms with van der Waals surface area (Å²) in [5.41, 5.74) is 2.21. The minimum absolute atomic E-state index is 0.442. The Kier molecular flexibility index (Phi) is 10.3. The van der Waals surface area contributed by atoms with Crippen molar-refractivity contribution in [1.82, 2.24) is 29.7 Å². The zero-order valence-electron chi connectivity index (χ0n) is 20.7. The van der Waals surface area contributed by atoms with Crippen molar-refractivity contribution in [3.05, 3.63) is 35.9 Å². The first-order valence-corrected chi connectivity index (χ1v) is 12.3. The highest BCUT2D eigenvalue weighted by Crippen LogP contribution is 2.24. The Balaban J connectivity index is 0.000000189. The maximum Gasteiger partial charge on any atom is 0.316 e. The molecule has 2 aromatic rings. The van der Waals surface area contributed by atoms with E-state index in [1.807, 2.05) is 18.5 Å². The van der Waals surface area contributed by atoms with Crippen molar-refractivity contribution in [3.8, 4) is 12.0 Å². The van der Waals surface area contributed by atoms with E-state index < -0.39 is 0 Å². The second kappa shape index (κ2) is 13.4. The fraction of sp³-hybridized carbons (Fsp3) is 0.680. The molecule has 33 heavy (non-hydrogen) atoms. The lowest BCUT2D eigenvalue weighted by Crippen LogP contribution is -2.42. The minimum Gasteiger partial charge on any atom is -0.467 e. The van der Waals surface area contributed by atoms with Crippen LogP contribution in [0.5, 0.6) is 12.0 Å². The van der Waals surface area contributed by atoms with Crippen LogP contribution in [0.2, 0.25) is 0 Å². The van der Waals surface area contributed by atoms with Gasteiger partial charge in [0.2, 0.25) is 0 Å². The Labute approximate surface area is 198 Å². The number of piperidine rings is 2. The fourth-order valence-corrected chi connectivity index (χ4v) is 4.64. The average molecular weight is 457 g/mol. The van der Waals surface area contributed by atoms with Crippen LogP contribution in [0.25, 0.3) is 0 Å². The summed E-state index contributed by atoms with van der Waals surface area (Å²) < 4.78 is 10.0. The van der Waals surface area contributed by atoms with Gasteiger partial charge in [0, 0.05) is 43.3 Å². The van der Waals surface area contributed by atoms with E-state index in [0.29, 0.717) is 24.0 Å². The van der Waals surface area contributed by atoms with Crippen molar-refractivity contribution in [2.45, 2.75) is 71.5 Å². The summed E-state index contributed by atoms with van der Waals surface area (Å²) >= 11 is 0. The zero-order valence-corrected chi connectivity index (χ0v) is 20.7. The molecule has 2 saturated heterocycles. The molecule has 2 aliphatic rings. The molecule has 8 nitrogen and oxygen atoms in total. The smallest absolute Gasteiger partial charge is 0.316 e. The van der Waals surface area contributed by atoms with Gasteiger partial charge in [0.05, 0.1) is 19.9 Å². The molecule has 0 saturated carbocycles. The molecule has 182 valence electrons. The minimum atomic E-state index is 0.442. The highest BCUT2D eigenvalue weighted by Gasteiger charge is 2.25. The number of hydrogen-bond acceptors (Lipinski definition) is 8. The van der Waals surface area contributed by atoms with Gasteiger partial charge >= 0.3 is 12.0 Å². The molecular weight excluding hydrogens is 416 g/mol. The maximum absolute atomic E-state index is 5.08. The normalized spacial score (nSPS) is 19.6. The Morgan fingerprint density at radius 1 is 0.879 bits per heavy atom. The standard InChI is InChI=1S/C14H23N3O.C11H17N3O/c1-11(2)13-6-4-5-9-17(13)10-12-7-8-15-14(16-12)18-3;1-15-11-12-7-10(8-13-11)9-14-5-3-2-4-6-14/h7-8,11,13H,4-6,9-10H2,1-3H3;7-8H,2-6,9H2,1H3. The molecule has 0 N–H and O–H groups in total. The van der Waals surface area contributed by atoms with Crippen molar-refractivity contribution in [2.75, 3.05) is 33.9 Å². The first-order valence-electron chi connectivity index (χ1n) is 12.3. The molecule has 1 unspecified atom stereocenters. The monoisotopic (exact) mass is 456 g/mol. The molecule has 1 atom stereocenters. The van der Waals surface area contributed by atoms with Gasteiger partial charge in [0.25, 0.3) is 0 Å². The van der Waals surface area contributed by atoms with E-state index in [1.54, 1.807) is 20.4 Å². The molecule has 0 bridgehead atoms. The zero-order chi connectivity index (χ0) is 23.5. The van der Waals surface area contributed by atoms with Crippen LogP contribution in [0.1, 0.15) is 63.6 Å². The SMILES string of the molecule is COc1ncc(CN2CCCCC2)cn1.COc1nccc(CN2CCCCC2C(C)C)n1. The van der Waals surface area contributed by atoms with E-state index in [9.17, 15) is 0 Å². The molecule has 2 aromatic heterocycles. The molecule has 8 heteroatoms. The molecule has 2 fully saturated rings. The van der Waals surface area contributed by atoms with Crippen LogP contribution in [0.15, 0.2) is 24.7 Å². The van der Waals surface area contributed by atoms with Crippen LogP contribution in [0, 0.1) is 5.92 Å². The van der Waals surface area contributed by atoms with Gasteiger partial charge in [-0.15, -0.1) is 0 Å². The Morgan fingerprint density at radius 2 is 1.58 bits per heavy atom. The molecule has 4 heterocycles. The second-order valence-corrected chi connectivity index (χ2v) is 9.23. The second-order valence-electron chi connectivity index (χ2n) is 9.23. The summed E-state index contributed by atoms with van der Waals surface area (Å²) in [4.78, 5) is 21.7. The number of methoxy groups -OCH3 is 2. The average Bonchev–Trinajstić information content (AvgIpc) is 2.86. The highest BCUT2D eigenvalue weighted by molar-refractivity contribution is 5.07. The van der Waals surface area contributed by atoms with Crippen LogP contribution < -0.4 is 9.47 Å². The fourth-order valence-electron chi connectivity index (χ4n) is 4.64. The van der Waals surface area contributed by atoms with Gasteiger partial charge in [0.1, 0.15) is 0 Å². The summed E-state index contributed by atoms with van der Waals surface area (Å²) in [6.45, 7) is 10.1. The first kappa shape index (κ1) is 25.3. The van der Waals surface area contributed by atoms with E-state index in [0.717, 1.165) is 24.3 Å². The molecule has 0 aliphatic carbocycles. The molecule has 0 aromatic carbocycles. The van der Waals surface area contributed by atoms with Crippen LogP contribution >= 0.6 is 0 Å². The Morgan fingerprint density at radius 3 is 2.24 bits per heavy atom. The van der Waals surface area contributed by atoms with Crippen molar-refractivity contribution in [1.29, 1.82) is 0 Å². The number of nitrogens with zero attached hydrogens (tertiary/aromatic N) is 6. The summed E-state index contributed by atoms with van der Waals surface area (Å²) in [6.07, 6.45) is 13.4. The topological polar surface area (TPSA) is 76.5 Å². The predicted octanol–water partition coefficient (Wildman–Crippen LogP) is 3.97. The van der Waals surface area contributed by atoms with E-state index in [2.05, 4.69) is 43.6 Å². The summed E-state index contributed by atoms with van der Waals surface area (Å²) in [5.74, 6) is 0.703. The van der Waals surface area contributed by atoms with Gasteiger partial charge in [-0.3, -0.25) is 9.80 Å². The third-order valence-electron chi connectivity index (χ3n) is 6.39. The Hall–Kier alpha value is -2.32. The van der Waals surface area contributed by atoms with Crippen molar-refractivity contribution in [3.63, 3.8) is 0 Å². The van der Waals surface area contributed by atoms with E-state index >= 15 is 0 Å². The van der Waals surface area contributed by atoms with Gasteiger partial charge in [-0.25, -0.2) is 15.0 Å². The lowest BCUT2D eigenvalue weighted by molar-refractivity contribution is 0.103. The highest BCUT2D eigenvalue weighted by atomic mass is 16.5. The maximum atomic E-state index is 5.08. The number of aromatic nitrogens is 4. The number of ether oxygens (including phenoxy) is 2. The van der Waals surface area contributed by atoms with E-state index in [4.69, 9.17) is 9.47 Å². The van der Waals surface area contributed by atoms with Crippen molar-refractivity contribution in [2.24, 2.45) is 5.92 Å². The van der Waals surface area contributed by atoms with Gasteiger partial charge in [-0.2, -0.15) is 4.98 Å². The van der Waals surface area contributed by atoms with Crippen LogP contribution in [-0.2, 0) is 13.1 Å². The molecule has 0 radical (unpaired) electrons. The lowest BCUT2D eigenvalue weighted by atomic mass is 9.92.